The van der Waals surface area contributed by atoms with E-state index >= 15 is 0 Å². The SMILES string of the molecule is N#CCc1ccc(F)c(C(O)C(O)CCNC(=O)OCC2c3ccccc3-c3ccccc32)c1. The molecule has 0 saturated carbocycles. The molecule has 1 aliphatic rings. The van der Waals surface area contributed by atoms with Gasteiger partial charge in [-0.25, -0.2) is 9.18 Å². The summed E-state index contributed by atoms with van der Waals surface area (Å²) in [5.74, 6) is -0.730. The monoisotopic (exact) mass is 460 g/mol. The summed E-state index contributed by atoms with van der Waals surface area (Å²) in [5, 5.41) is 32.0. The van der Waals surface area contributed by atoms with Gasteiger partial charge in [0.1, 0.15) is 18.5 Å². The van der Waals surface area contributed by atoms with Crippen LogP contribution in [0.3, 0.4) is 0 Å². The van der Waals surface area contributed by atoms with E-state index in [9.17, 15) is 19.4 Å². The molecule has 0 heterocycles. The van der Waals surface area contributed by atoms with Crippen molar-refractivity contribution in [1.29, 1.82) is 5.26 Å². The Kier molecular flexibility index (Phi) is 7.21. The number of fused-ring (bicyclic) bond motifs is 3. The second kappa shape index (κ2) is 10.5. The van der Waals surface area contributed by atoms with Crippen LogP contribution in [0, 0.1) is 17.1 Å². The number of hydrogen-bond acceptors (Lipinski definition) is 5. The van der Waals surface area contributed by atoms with Gasteiger partial charge in [-0.1, -0.05) is 54.6 Å². The fraction of sp³-hybridized carbons (Fsp3) is 0.259. The fourth-order valence-electron chi connectivity index (χ4n) is 4.36. The molecule has 3 N–H and O–H groups in total. The van der Waals surface area contributed by atoms with E-state index in [0.29, 0.717) is 5.56 Å². The van der Waals surface area contributed by atoms with Gasteiger partial charge < -0.3 is 20.3 Å². The van der Waals surface area contributed by atoms with Crippen molar-refractivity contribution >= 4 is 6.09 Å². The van der Waals surface area contributed by atoms with Crippen LogP contribution < -0.4 is 5.32 Å². The third-order valence-electron chi connectivity index (χ3n) is 6.08. The molecule has 1 amide bonds. The first-order chi connectivity index (χ1) is 16.5. The molecule has 2 atom stereocenters. The molecule has 6 nitrogen and oxygen atoms in total. The van der Waals surface area contributed by atoms with E-state index < -0.39 is 24.1 Å². The summed E-state index contributed by atoms with van der Waals surface area (Å²) in [5.41, 5.74) is 4.94. The fourth-order valence-corrected chi connectivity index (χ4v) is 4.36. The summed E-state index contributed by atoms with van der Waals surface area (Å²) in [4.78, 5) is 12.2. The number of hydrogen-bond donors (Lipinski definition) is 3. The number of aliphatic hydroxyl groups is 2. The Hall–Kier alpha value is -3.73. The molecule has 1 aliphatic carbocycles. The molecule has 34 heavy (non-hydrogen) atoms. The highest BCUT2D eigenvalue weighted by Crippen LogP contribution is 2.44. The summed E-state index contributed by atoms with van der Waals surface area (Å²) in [7, 11) is 0. The third kappa shape index (κ3) is 4.93. The first kappa shape index (κ1) is 23.4. The number of nitriles is 1. The highest BCUT2D eigenvalue weighted by molar-refractivity contribution is 5.79. The molecule has 7 heteroatoms. The minimum absolute atomic E-state index is 0.00667. The molecule has 0 aliphatic heterocycles. The minimum atomic E-state index is -1.48. The van der Waals surface area contributed by atoms with Crippen LogP contribution in [0.25, 0.3) is 11.1 Å². The van der Waals surface area contributed by atoms with Crippen molar-refractivity contribution in [3.63, 3.8) is 0 Å². The summed E-state index contributed by atoms with van der Waals surface area (Å²) in [6.45, 7) is 0.205. The molecular formula is C27H25FN2O4. The van der Waals surface area contributed by atoms with Gasteiger partial charge in [-0.15, -0.1) is 0 Å². The number of ether oxygens (including phenoxy) is 1. The maximum Gasteiger partial charge on any atom is 0.407 e. The van der Waals surface area contributed by atoms with Crippen molar-refractivity contribution in [2.75, 3.05) is 13.2 Å². The van der Waals surface area contributed by atoms with E-state index in [1.54, 1.807) is 0 Å². The van der Waals surface area contributed by atoms with Gasteiger partial charge in [0.2, 0.25) is 0 Å². The number of nitrogens with one attached hydrogen (secondary N) is 1. The number of halogens is 1. The summed E-state index contributed by atoms with van der Waals surface area (Å²) < 4.78 is 19.5. The molecule has 0 fully saturated rings. The first-order valence-electron chi connectivity index (χ1n) is 11.1. The average molecular weight is 461 g/mol. The molecule has 174 valence electrons. The molecule has 0 radical (unpaired) electrons. The topological polar surface area (TPSA) is 103 Å². The van der Waals surface area contributed by atoms with Crippen LogP contribution in [0.5, 0.6) is 0 Å². The largest absolute Gasteiger partial charge is 0.449 e. The van der Waals surface area contributed by atoms with Gasteiger partial charge >= 0.3 is 6.09 Å². The van der Waals surface area contributed by atoms with Crippen LogP contribution in [0.1, 0.15) is 40.7 Å². The smallest absolute Gasteiger partial charge is 0.407 e. The van der Waals surface area contributed by atoms with E-state index in [1.165, 1.54) is 12.1 Å². The van der Waals surface area contributed by atoms with Crippen molar-refractivity contribution in [2.45, 2.75) is 31.0 Å². The van der Waals surface area contributed by atoms with Crippen molar-refractivity contribution in [1.82, 2.24) is 5.32 Å². The van der Waals surface area contributed by atoms with Crippen LogP contribution >= 0.6 is 0 Å². The maximum atomic E-state index is 14.1. The van der Waals surface area contributed by atoms with E-state index in [1.807, 2.05) is 42.5 Å². The van der Waals surface area contributed by atoms with E-state index in [2.05, 4.69) is 17.4 Å². The normalized spacial score (nSPS) is 13.9. The van der Waals surface area contributed by atoms with E-state index in [4.69, 9.17) is 10.00 Å². The number of carbonyl (C=O) groups is 1. The zero-order valence-corrected chi connectivity index (χ0v) is 18.4. The summed E-state index contributed by atoms with van der Waals surface area (Å²) >= 11 is 0. The van der Waals surface area contributed by atoms with E-state index in [0.717, 1.165) is 28.3 Å². The first-order valence-corrected chi connectivity index (χ1v) is 11.1. The van der Waals surface area contributed by atoms with Crippen molar-refractivity contribution in [3.05, 3.63) is 94.8 Å². The Labute approximate surface area is 197 Å². The number of carbonyl (C=O) groups excluding carboxylic acids is 1. The van der Waals surface area contributed by atoms with Crippen LogP contribution in [0.15, 0.2) is 66.7 Å². The molecule has 0 spiro atoms. The minimum Gasteiger partial charge on any atom is -0.449 e. The van der Waals surface area contributed by atoms with Crippen LogP contribution in [-0.4, -0.2) is 35.6 Å². The standard InChI is InChI=1S/C27H25FN2O4/c28-24-10-9-17(11-13-29)15-22(24)26(32)25(31)12-14-30-27(33)34-16-23-20-7-3-1-5-18(20)19-6-2-4-8-21(19)23/h1-10,15,23,25-26,31-32H,11-12,14,16H2,(H,30,33). The zero-order valence-electron chi connectivity index (χ0n) is 18.4. The number of amides is 1. The maximum absolute atomic E-state index is 14.1. The van der Waals surface area contributed by atoms with Crippen molar-refractivity contribution in [2.24, 2.45) is 0 Å². The Morgan fingerprint density at radius 3 is 2.35 bits per heavy atom. The third-order valence-corrected chi connectivity index (χ3v) is 6.08. The molecule has 3 aromatic rings. The quantitative estimate of drug-likeness (QED) is 0.467. The van der Waals surface area contributed by atoms with Crippen LogP contribution in [0.4, 0.5) is 9.18 Å². The molecule has 0 aromatic heterocycles. The Morgan fingerprint density at radius 1 is 1.06 bits per heavy atom. The second-order valence-corrected chi connectivity index (χ2v) is 8.24. The Morgan fingerprint density at radius 2 is 1.71 bits per heavy atom. The number of rotatable bonds is 8. The lowest BCUT2D eigenvalue weighted by molar-refractivity contribution is 0.0116. The number of nitrogens with zero attached hydrogens (tertiary/aromatic N) is 1. The lowest BCUT2D eigenvalue weighted by atomic mass is 9.98. The molecule has 0 saturated heterocycles. The highest BCUT2D eigenvalue weighted by atomic mass is 19.1. The molecule has 3 aromatic carbocycles. The lowest BCUT2D eigenvalue weighted by Crippen LogP contribution is -2.31. The van der Waals surface area contributed by atoms with Gasteiger partial charge in [0.25, 0.3) is 0 Å². The van der Waals surface area contributed by atoms with Gasteiger partial charge in [0.05, 0.1) is 18.6 Å². The molecule has 2 unspecified atom stereocenters. The molecule has 4 rings (SSSR count). The Bertz CT molecular complexity index is 1180. The van der Waals surface area contributed by atoms with E-state index in [-0.39, 0.29) is 37.5 Å². The van der Waals surface area contributed by atoms with Crippen LogP contribution in [0.2, 0.25) is 0 Å². The predicted molar refractivity (Wildman–Crippen MR) is 124 cm³/mol. The van der Waals surface area contributed by atoms with Crippen molar-refractivity contribution in [3.8, 4) is 17.2 Å². The van der Waals surface area contributed by atoms with Gasteiger partial charge in [0.15, 0.2) is 0 Å². The van der Waals surface area contributed by atoms with Gasteiger partial charge in [-0.3, -0.25) is 0 Å². The summed E-state index contributed by atoms with van der Waals surface area (Å²) in [6, 6.07) is 22.0. The number of aliphatic hydroxyl groups excluding tert-OH is 2. The summed E-state index contributed by atoms with van der Waals surface area (Å²) in [6.07, 6.45) is -3.36. The molecular weight excluding hydrogens is 435 g/mol. The van der Waals surface area contributed by atoms with Crippen molar-refractivity contribution < 1.29 is 24.1 Å². The average Bonchev–Trinajstić information content (AvgIpc) is 3.17. The van der Waals surface area contributed by atoms with Gasteiger partial charge in [-0.05, 0) is 46.4 Å². The Balaban J connectivity index is 1.29. The highest BCUT2D eigenvalue weighted by Gasteiger charge is 2.29. The van der Waals surface area contributed by atoms with Gasteiger partial charge in [0, 0.05) is 18.0 Å². The second-order valence-electron chi connectivity index (χ2n) is 8.24. The van der Waals surface area contributed by atoms with Crippen LogP contribution in [-0.2, 0) is 11.2 Å². The predicted octanol–water partition coefficient (Wildman–Crippen LogP) is 4.21. The number of benzene rings is 3. The lowest BCUT2D eigenvalue weighted by Gasteiger charge is -2.20. The number of alkyl carbamates (subject to hydrolysis) is 1. The zero-order chi connectivity index (χ0) is 24.1. The molecule has 0 bridgehead atoms. The van der Waals surface area contributed by atoms with Gasteiger partial charge in [-0.2, -0.15) is 5.26 Å².